The van der Waals surface area contributed by atoms with Crippen molar-refractivity contribution in [2.75, 3.05) is 64.4 Å². The van der Waals surface area contributed by atoms with Gasteiger partial charge in [-0.25, -0.2) is 18.3 Å². The molecular formula is C23H39Cl2FN4O5S. The number of ether oxygens (including phenoxy) is 1. The lowest BCUT2D eigenvalue weighted by atomic mass is 9.95. The van der Waals surface area contributed by atoms with Gasteiger partial charge in [0.25, 0.3) is 5.91 Å². The fourth-order valence-corrected chi connectivity index (χ4v) is 6.92. The third-order valence-electron chi connectivity index (χ3n) is 7.06. The Kier molecular flexibility index (Phi) is 13.4. The quantitative estimate of drug-likeness (QED) is 0.328. The van der Waals surface area contributed by atoms with E-state index in [1.165, 1.54) is 10.4 Å². The van der Waals surface area contributed by atoms with Gasteiger partial charge < -0.3 is 14.5 Å². The minimum atomic E-state index is -4.03. The molecule has 2 aliphatic rings. The molecule has 2 heterocycles. The third kappa shape index (κ3) is 7.00. The molecule has 0 radical (unpaired) electrons. The highest BCUT2D eigenvalue weighted by molar-refractivity contribution is 7.91. The van der Waals surface area contributed by atoms with Gasteiger partial charge in [0, 0.05) is 58.6 Å². The number of carbonyl (C=O) groups excluding carboxylic acids is 1. The van der Waals surface area contributed by atoms with Crippen LogP contribution in [0.5, 0.6) is 0 Å². The number of likely N-dealkylation sites (tertiary alicyclic amines) is 1. The van der Waals surface area contributed by atoms with E-state index < -0.39 is 20.7 Å². The Morgan fingerprint density at radius 1 is 1.14 bits per heavy atom. The standard InChI is InChI=1S/C23H37FN4O5S.2ClH/c1-3-4-5-19-6-7-20(18-21(19)24)27-12-14-28(15-13-27)34(31,32)23(22(29)25-30)8-10-26(11-9-23)16-17-33-2;;/h6-7,18,30H,3-5,8-17H2,1-2H3,(H,25,29);2*1H. The lowest BCUT2D eigenvalue weighted by Crippen LogP contribution is -2.63. The number of aryl methyl sites for hydroxylation is 1. The normalized spacial score (nSPS) is 18.7. The van der Waals surface area contributed by atoms with Crippen molar-refractivity contribution < 1.29 is 27.5 Å². The largest absolute Gasteiger partial charge is 0.383 e. The summed E-state index contributed by atoms with van der Waals surface area (Å²) in [5.41, 5.74) is 3.02. The van der Waals surface area contributed by atoms with Crippen LogP contribution in [0.3, 0.4) is 0 Å². The van der Waals surface area contributed by atoms with Crippen LogP contribution in [-0.2, 0) is 26.0 Å². The van der Waals surface area contributed by atoms with E-state index in [-0.39, 0.29) is 56.6 Å². The van der Waals surface area contributed by atoms with E-state index in [9.17, 15) is 22.8 Å². The molecule has 0 atom stereocenters. The number of amides is 1. The average Bonchev–Trinajstić information content (AvgIpc) is 2.86. The lowest BCUT2D eigenvalue weighted by molar-refractivity contribution is -0.133. The van der Waals surface area contributed by atoms with Crippen molar-refractivity contribution in [1.29, 1.82) is 0 Å². The second kappa shape index (κ2) is 14.7. The maximum Gasteiger partial charge on any atom is 0.266 e. The van der Waals surface area contributed by atoms with E-state index in [1.807, 2.05) is 11.0 Å². The number of rotatable bonds is 10. The van der Waals surface area contributed by atoms with Crippen LogP contribution >= 0.6 is 24.8 Å². The Morgan fingerprint density at radius 2 is 1.78 bits per heavy atom. The Labute approximate surface area is 226 Å². The zero-order valence-corrected chi connectivity index (χ0v) is 23.4. The van der Waals surface area contributed by atoms with E-state index in [2.05, 4.69) is 11.8 Å². The highest BCUT2D eigenvalue weighted by atomic mass is 35.5. The van der Waals surface area contributed by atoms with Crippen LogP contribution in [0.4, 0.5) is 10.1 Å². The Hall–Kier alpha value is -1.21. The van der Waals surface area contributed by atoms with Crippen LogP contribution in [-0.4, -0.2) is 93.0 Å². The number of anilines is 1. The van der Waals surface area contributed by atoms with E-state index in [0.29, 0.717) is 51.3 Å². The van der Waals surface area contributed by atoms with Crippen LogP contribution in [0.1, 0.15) is 38.2 Å². The maximum atomic E-state index is 14.5. The summed E-state index contributed by atoms with van der Waals surface area (Å²) in [4.78, 5) is 16.7. The van der Waals surface area contributed by atoms with Crippen LogP contribution in [0, 0.1) is 5.82 Å². The zero-order valence-electron chi connectivity index (χ0n) is 20.9. The molecule has 1 aromatic rings. The number of hydroxylamine groups is 1. The number of nitrogens with zero attached hydrogens (tertiary/aromatic N) is 3. The molecule has 1 amide bonds. The summed E-state index contributed by atoms with van der Waals surface area (Å²) in [6.45, 7) is 5.24. The fourth-order valence-electron chi connectivity index (χ4n) is 4.80. The van der Waals surface area contributed by atoms with Crippen molar-refractivity contribution in [1.82, 2.24) is 14.7 Å². The van der Waals surface area contributed by atoms with Gasteiger partial charge in [0.1, 0.15) is 5.82 Å². The smallest absolute Gasteiger partial charge is 0.266 e. The van der Waals surface area contributed by atoms with Gasteiger partial charge in [-0.15, -0.1) is 24.8 Å². The van der Waals surface area contributed by atoms with Gasteiger partial charge in [0.2, 0.25) is 10.0 Å². The fraction of sp³-hybridized carbons (Fsp3) is 0.696. The van der Waals surface area contributed by atoms with Crippen molar-refractivity contribution in [2.45, 2.75) is 43.8 Å². The molecule has 0 aliphatic carbocycles. The second-order valence-corrected chi connectivity index (χ2v) is 11.3. The molecule has 0 bridgehead atoms. The van der Waals surface area contributed by atoms with Gasteiger partial charge in [-0.3, -0.25) is 10.0 Å². The number of unbranched alkanes of at least 4 members (excludes halogenated alkanes) is 1. The van der Waals surface area contributed by atoms with E-state index in [0.717, 1.165) is 18.5 Å². The number of benzene rings is 1. The average molecular weight is 574 g/mol. The van der Waals surface area contributed by atoms with E-state index in [1.54, 1.807) is 18.7 Å². The van der Waals surface area contributed by atoms with Crippen molar-refractivity contribution in [3.8, 4) is 0 Å². The molecule has 0 unspecified atom stereocenters. The number of sulfonamides is 1. The lowest BCUT2D eigenvalue weighted by Gasteiger charge is -2.44. The molecule has 13 heteroatoms. The molecule has 2 N–H and O–H groups in total. The Morgan fingerprint density at radius 3 is 2.31 bits per heavy atom. The van der Waals surface area contributed by atoms with Crippen LogP contribution < -0.4 is 10.4 Å². The molecule has 9 nitrogen and oxygen atoms in total. The highest BCUT2D eigenvalue weighted by Gasteiger charge is 2.55. The molecule has 1 aromatic carbocycles. The first-order valence-corrected chi connectivity index (χ1v) is 13.4. The van der Waals surface area contributed by atoms with Crippen molar-refractivity contribution >= 4 is 46.4 Å². The summed E-state index contributed by atoms with van der Waals surface area (Å²) in [5, 5.41) is 9.35. The number of methoxy groups -OCH3 is 1. The number of piperidine rings is 1. The Bertz CT molecular complexity index is 940. The minimum Gasteiger partial charge on any atom is -0.383 e. The molecule has 0 saturated carbocycles. The summed E-state index contributed by atoms with van der Waals surface area (Å²) in [5.74, 6) is -1.12. The molecule has 2 fully saturated rings. The molecular weight excluding hydrogens is 534 g/mol. The maximum absolute atomic E-state index is 14.5. The first-order valence-electron chi connectivity index (χ1n) is 12.0. The van der Waals surface area contributed by atoms with Crippen LogP contribution in [0.25, 0.3) is 0 Å². The SMILES string of the molecule is CCCCc1ccc(N2CCN(S(=O)(=O)C3(C(=O)NO)CCN(CCOC)CC3)CC2)cc1F.Cl.Cl. The van der Waals surface area contributed by atoms with Gasteiger partial charge >= 0.3 is 0 Å². The number of carbonyl (C=O) groups is 1. The van der Waals surface area contributed by atoms with Crippen molar-refractivity contribution in [2.24, 2.45) is 0 Å². The van der Waals surface area contributed by atoms with Gasteiger partial charge in [-0.1, -0.05) is 19.4 Å². The topological polar surface area (TPSA) is 102 Å². The zero-order chi connectivity index (χ0) is 24.8. The number of nitrogens with one attached hydrogen (secondary N) is 1. The molecule has 0 spiro atoms. The monoisotopic (exact) mass is 572 g/mol. The number of piperazine rings is 1. The van der Waals surface area contributed by atoms with E-state index in [4.69, 9.17) is 4.74 Å². The molecule has 2 aliphatic heterocycles. The number of hydrogen-bond acceptors (Lipinski definition) is 7. The van der Waals surface area contributed by atoms with Gasteiger partial charge in [0.05, 0.1) is 6.61 Å². The number of hydrogen-bond donors (Lipinski definition) is 2. The van der Waals surface area contributed by atoms with Crippen LogP contribution in [0.15, 0.2) is 18.2 Å². The minimum absolute atomic E-state index is 0. The summed E-state index contributed by atoms with van der Waals surface area (Å²) >= 11 is 0. The summed E-state index contributed by atoms with van der Waals surface area (Å²) in [6.07, 6.45) is 2.82. The Balaban J connectivity index is 0.00000324. The molecule has 36 heavy (non-hydrogen) atoms. The molecule has 2 saturated heterocycles. The predicted octanol–water partition coefficient (Wildman–Crippen LogP) is 2.45. The molecule has 3 rings (SSSR count). The predicted molar refractivity (Wildman–Crippen MR) is 142 cm³/mol. The van der Waals surface area contributed by atoms with Gasteiger partial charge in [-0.05, 0) is 43.4 Å². The molecule has 208 valence electrons. The highest BCUT2D eigenvalue weighted by Crippen LogP contribution is 2.34. The third-order valence-corrected chi connectivity index (χ3v) is 9.69. The van der Waals surface area contributed by atoms with E-state index >= 15 is 0 Å². The number of halogens is 3. The van der Waals surface area contributed by atoms with Gasteiger partial charge in [-0.2, -0.15) is 4.31 Å². The second-order valence-electron chi connectivity index (χ2n) is 9.04. The summed E-state index contributed by atoms with van der Waals surface area (Å²) in [7, 11) is -2.43. The first kappa shape index (κ1) is 32.8. The summed E-state index contributed by atoms with van der Waals surface area (Å²) < 4.78 is 46.6. The van der Waals surface area contributed by atoms with Crippen molar-refractivity contribution in [3.05, 3.63) is 29.6 Å². The summed E-state index contributed by atoms with van der Waals surface area (Å²) in [6, 6.07) is 5.21. The van der Waals surface area contributed by atoms with Gasteiger partial charge in [0.15, 0.2) is 4.75 Å². The van der Waals surface area contributed by atoms with Crippen molar-refractivity contribution in [3.63, 3.8) is 0 Å². The van der Waals surface area contributed by atoms with Crippen LogP contribution in [0.2, 0.25) is 0 Å². The first-order chi connectivity index (χ1) is 16.3. The molecule has 0 aromatic heterocycles.